The fraction of sp³-hybridized carbons (Fsp3) is 0.250. The molecule has 6 heterocycles. The van der Waals surface area contributed by atoms with Crippen LogP contribution < -0.4 is 0 Å². The Labute approximate surface area is 641 Å². The van der Waals surface area contributed by atoms with E-state index in [4.69, 9.17) is 19.0 Å². The summed E-state index contributed by atoms with van der Waals surface area (Å²) in [6.45, 7) is 35.4. The molecule has 16 aromatic rings. The summed E-state index contributed by atoms with van der Waals surface area (Å²) in [6, 6.07) is 54.2. The molecule has 6 aromatic heterocycles. The summed E-state index contributed by atoms with van der Waals surface area (Å²) in [7, 11) is 0. The second-order valence-corrected chi connectivity index (χ2v) is 31.7. The zero-order valence-corrected chi connectivity index (χ0v) is 65.4. The third kappa shape index (κ3) is 13.5. The van der Waals surface area contributed by atoms with Crippen LogP contribution in [-0.4, -0.2) is 49.3 Å². The van der Waals surface area contributed by atoms with Crippen molar-refractivity contribution in [1.82, 2.24) is 39.1 Å². The highest BCUT2D eigenvalue weighted by Crippen LogP contribution is 2.49. The van der Waals surface area contributed by atoms with Gasteiger partial charge in [0.1, 0.15) is 45.5 Å². The number of rotatable bonds is 18. The van der Waals surface area contributed by atoms with Gasteiger partial charge in [0.15, 0.2) is 0 Å². The van der Waals surface area contributed by atoms with Crippen LogP contribution in [0.25, 0.3) is 133 Å². The summed E-state index contributed by atoms with van der Waals surface area (Å²) in [6.07, 6.45) is 15.8. The van der Waals surface area contributed by atoms with Gasteiger partial charge in [-0.15, -0.1) is 0 Å². The topological polar surface area (TPSA) is 138 Å². The number of fused-ring (bicyclic) bond motifs is 7. The van der Waals surface area contributed by atoms with Gasteiger partial charge in [-0.25, -0.2) is 27.5 Å². The van der Waals surface area contributed by atoms with Crippen LogP contribution in [0.4, 0.5) is 8.78 Å². The van der Waals surface area contributed by atoms with Crippen LogP contribution >= 0.6 is 0 Å². The molecule has 0 saturated carbocycles. The number of aromatic nitrogens is 8. The van der Waals surface area contributed by atoms with E-state index in [0.29, 0.717) is 35.0 Å². The first-order chi connectivity index (χ1) is 52.8. The maximum absolute atomic E-state index is 16.0. The van der Waals surface area contributed by atoms with Crippen molar-refractivity contribution in [2.45, 2.75) is 158 Å². The zero-order chi connectivity index (χ0) is 77.4. The maximum Gasteiger partial charge on any atom is 0.136 e. The number of hydrogen-bond donors (Lipinski definition) is 2. The molecule has 0 atom stereocenters. The van der Waals surface area contributed by atoms with Crippen molar-refractivity contribution in [3.8, 4) is 101 Å². The lowest BCUT2D eigenvalue weighted by Gasteiger charge is -2.18. The molecule has 0 aliphatic heterocycles. The smallest absolute Gasteiger partial charge is 0.136 e. The van der Waals surface area contributed by atoms with Gasteiger partial charge in [-0.2, -0.15) is 20.4 Å². The van der Waals surface area contributed by atoms with Gasteiger partial charge < -0.3 is 19.0 Å². The summed E-state index contributed by atoms with van der Waals surface area (Å²) in [5, 5.41) is 45.9. The van der Waals surface area contributed by atoms with Crippen molar-refractivity contribution in [3.05, 3.63) is 276 Å². The van der Waals surface area contributed by atoms with Gasteiger partial charge in [-0.1, -0.05) is 184 Å². The Bertz CT molecular complexity index is 5690. The largest absolute Gasteiger partial charge is 0.507 e. The monoisotopic (exact) mass is 1460 g/mol. The van der Waals surface area contributed by atoms with Crippen LogP contribution in [0.3, 0.4) is 0 Å². The average molecular weight is 1460 g/mol. The minimum atomic E-state index is -0.659. The van der Waals surface area contributed by atoms with E-state index in [1.165, 1.54) is 79.9 Å². The second kappa shape index (κ2) is 29.6. The molecule has 0 saturated heterocycles. The number of nitrogens with zero attached hydrogens (tertiary/aromatic N) is 8. The molecule has 0 spiro atoms. The van der Waals surface area contributed by atoms with Crippen molar-refractivity contribution in [3.63, 3.8) is 0 Å². The van der Waals surface area contributed by atoms with Gasteiger partial charge in [0.25, 0.3) is 0 Å². The normalized spacial score (nSPS) is 12.1. The van der Waals surface area contributed by atoms with Crippen LogP contribution in [0, 0.1) is 11.6 Å². The van der Waals surface area contributed by atoms with Crippen LogP contribution in [0.2, 0.25) is 0 Å². The van der Waals surface area contributed by atoms with E-state index in [1.54, 1.807) is 46.0 Å². The summed E-state index contributed by atoms with van der Waals surface area (Å²) < 4.78 is 52.2. The van der Waals surface area contributed by atoms with Crippen molar-refractivity contribution in [1.29, 1.82) is 0 Å². The van der Waals surface area contributed by atoms with Gasteiger partial charge in [0.2, 0.25) is 0 Å². The Morgan fingerprint density at radius 3 is 0.773 bits per heavy atom. The van der Waals surface area contributed by atoms with Crippen LogP contribution in [0.5, 0.6) is 11.5 Å². The highest BCUT2D eigenvalue weighted by molar-refractivity contribution is 6.26. The Balaban J connectivity index is 0.000000175. The minimum absolute atomic E-state index is 0.0221. The van der Waals surface area contributed by atoms with Crippen molar-refractivity contribution >= 4 is 43.9 Å². The van der Waals surface area contributed by atoms with Gasteiger partial charge in [0, 0.05) is 90.8 Å². The van der Waals surface area contributed by atoms with Gasteiger partial charge in [-0.05, 0) is 211 Å². The molecule has 0 aliphatic carbocycles. The second-order valence-electron chi connectivity index (χ2n) is 31.7. The van der Waals surface area contributed by atoms with E-state index in [-0.39, 0.29) is 57.4 Å². The Kier molecular flexibility index (Phi) is 19.8. The third-order valence-electron chi connectivity index (χ3n) is 21.7. The van der Waals surface area contributed by atoms with E-state index in [9.17, 15) is 10.2 Å². The molecule has 0 bridgehead atoms. The molecule has 2 N–H and O–H groups in total. The first-order valence-corrected chi connectivity index (χ1v) is 38.5. The Morgan fingerprint density at radius 2 is 0.518 bits per heavy atom. The lowest BCUT2D eigenvalue weighted by Crippen LogP contribution is -2.00. The molecule has 0 aliphatic rings. The number of hydrogen-bond acceptors (Lipinski definition) is 8. The van der Waals surface area contributed by atoms with Crippen LogP contribution in [-0.2, 0) is 0 Å². The maximum atomic E-state index is 16.0. The Hall–Kier alpha value is -11.9. The summed E-state index contributed by atoms with van der Waals surface area (Å²) in [4.78, 5) is 0. The Morgan fingerprint density at radius 1 is 0.282 bits per heavy atom. The van der Waals surface area contributed by atoms with E-state index in [2.05, 4.69) is 243 Å². The fourth-order valence-corrected chi connectivity index (χ4v) is 16.1. The molecule has 0 radical (unpaired) electrons. The SMILES string of the molecule is CC(C)c1cccc(C(C)C)c1-c1cnn(-c2ccc(F)c(-c3c(O)ccc(O)c3-c3cc(-n4cc(-c5c(C(C)C)cccc5C(C)C)cn4)ccc3F)c2)c1.CC(C)c1cccc(C(C)C)c1-c1cnn(-c2ccc3oc4ccc5oc6ccc(-n7cc(-c8c(C(C)C)cccc8C(C)C)cn7)cc6c5c4c3c2)c1. The number of halogens is 2. The molecule has 0 fully saturated rings. The average Bonchev–Trinajstić information content (AvgIpc) is 1.58. The van der Waals surface area contributed by atoms with Gasteiger partial charge >= 0.3 is 0 Å². The van der Waals surface area contributed by atoms with Gasteiger partial charge in [0.05, 0.1) is 47.5 Å². The number of aromatic hydroxyl groups is 2. The summed E-state index contributed by atoms with van der Waals surface area (Å²) >= 11 is 0. The van der Waals surface area contributed by atoms with E-state index < -0.39 is 11.6 Å². The van der Waals surface area contributed by atoms with Crippen molar-refractivity contribution in [2.75, 3.05) is 0 Å². The van der Waals surface area contributed by atoms with E-state index in [1.807, 2.05) is 46.3 Å². The first-order valence-electron chi connectivity index (χ1n) is 38.5. The lowest BCUT2D eigenvalue weighted by atomic mass is 9.86. The van der Waals surface area contributed by atoms with Crippen LogP contribution in [0.15, 0.2) is 228 Å². The lowest BCUT2D eigenvalue weighted by molar-refractivity contribution is 0.462. The molecule has 14 heteroatoms. The van der Waals surface area contributed by atoms with Gasteiger partial charge in [-0.3, -0.25) is 0 Å². The number of benzene rings is 10. The predicted molar refractivity (Wildman–Crippen MR) is 445 cm³/mol. The quantitative estimate of drug-likeness (QED) is 0.0810. The molecule has 12 nitrogen and oxygen atoms in total. The first kappa shape index (κ1) is 73.6. The highest BCUT2D eigenvalue weighted by Gasteiger charge is 2.28. The van der Waals surface area contributed by atoms with Crippen molar-refractivity contribution < 1.29 is 27.8 Å². The summed E-state index contributed by atoms with van der Waals surface area (Å²) in [5.74, 6) is 0.778. The molecule has 10 aromatic carbocycles. The van der Waals surface area contributed by atoms with Crippen LogP contribution in [0.1, 0.15) is 203 Å². The minimum Gasteiger partial charge on any atom is -0.507 e. The fourth-order valence-electron chi connectivity index (χ4n) is 16.1. The number of phenols is 2. The molecular formula is C96H94F2N8O4. The van der Waals surface area contributed by atoms with Crippen molar-refractivity contribution in [2.24, 2.45) is 0 Å². The number of furan rings is 2. The zero-order valence-electron chi connectivity index (χ0n) is 65.4. The number of phenolic OH excluding ortho intramolecular Hbond substituents is 2. The molecule has 16 rings (SSSR count). The van der Waals surface area contributed by atoms with E-state index >= 15 is 8.78 Å². The molecule has 556 valence electrons. The molecular weight excluding hydrogens is 1370 g/mol. The summed E-state index contributed by atoms with van der Waals surface area (Å²) in [5.41, 5.74) is 25.3. The van der Waals surface area contributed by atoms with E-state index in [0.717, 1.165) is 88.6 Å². The molecule has 0 amide bonds. The molecule has 0 unspecified atom stereocenters. The highest BCUT2D eigenvalue weighted by atomic mass is 19.1. The molecule has 110 heavy (non-hydrogen) atoms. The third-order valence-corrected chi connectivity index (χ3v) is 21.7. The standard InChI is InChI=1S/C48H48F2N4O2.C48H46N4O2/c1-27(2)35-11-9-12-36(28(3)4)45(35)31-23-51-53(25-31)33-15-17-41(49)39(21-33)47-43(55)19-20-44(56)48(47)40-22-34(16-18-42(40)50)54-26-32(24-52-54)46-37(29(5)6)13-10-14-38(46)30(7)8;1-27(2)35-11-9-12-36(28(3)4)45(35)31-23-49-51(25-31)33-15-17-41-39(21-33)47-43(53-41)19-20-44-48(47)40-22-34(16-18-42(40)54-44)52-26-32(24-50-52)46-37(29(5)6)13-10-14-38(46)30(7)8/h9-30,55-56H,1-8H3;9-30H,1-8H3. The predicted octanol–water partition coefficient (Wildman–Crippen LogP) is 26.6.